The summed E-state index contributed by atoms with van der Waals surface area (Å²) in [6, 6.07) is 11.3. The molecule has 1 fully saturated rings. The molecular formula is C26H27FN2O4. The zero-order chi connectivity index (χ0) is 22.9. The van der Waals surface area contributed by atoms with E-state index in [1.807, 2.05) is 24.3 Å². The van der Waals surface area contributed by atoms with Gasteiger partial charge in [-0.25, -0.2) is 4.39 Å². The fourth-order valence-electron chi connectivity index (χ4n) is 4.79. The molecule has 5 rings (SSSR count). The number of nitrogens with zero attached hydrogens (tertiary/aromatic N) is 2. The standard InChI is InChI=1S/C26H27FN2O4/c1-2-17-4-6-18(7-5-17)23-22-24(30)20-16-19(27)8-9-21(20)33-25(22)26(31)29(23)11-3-10-28-12-14-32-15-13-28/h4-9,16,23H,2-3,10-15H2,1H3/t23-/m0/s1. The molecule has 0 unspecified atom stereocenters. The zero-order valence-corrected chi connectivity index (χ0v) is 18.7. The molecule has 6 nitrogen and oxygen atoms in total. The first-order valence-electron chi connectivity index (χ1n) is 11.5. The van der Waals surface area contributed by atoms with Gasteiger partial charge in [-0.2, -0.15) is 0 Å². The molecule has 0 N–H and O–H groups in total. The molecule has 0 spiro atoms. The molecule has 0 aliphatic carbocycles. The molecular weight excluding hydrogens is 423 g/mol. The number of carbonyl (C=O) groups is 1. The molecule has 1 aromatic heterocycles. The second-order valence-corrected chi connectivity index (χ2v) is 8.62. The van der Waals surface area contributed by atoms with Gasteiger partial charge in [-0.3, -0.25) is 14.5 Å². The van der Waals surface area contributed by atoms with E-state index in [1.165, 1.54) is 23.8 Å². The first-order valence-corrected chi connectivity index (χ1v) is 11.5. The lowest BCUT2D eigenvalue weighted by molar-refractivity contribution is 0.0353. The molecule has 1 amide bonds. The van der Waals surface area contributed by atoms with E-state index in [1.54, 1.807) is 4.90 Å². The number of halogens is 1. The van der Waals surface area contributed by atoms with Gasteiger partial charge < -0.3 is 14.1 Å². The van der Waals surface area contributed by atoms with Crippen molar-refractivity contribution in [1.82, 2.24) is 9.80 Å². The van der Waals surface area contributed by atoms with Crippen molar-refractivity contribution in [2.75, 3.05) is 39.4 Å². The topological polar surface area (TPSA) is 63.0 Å². The monoisotopic (exact) mass is 450 g/mol. The third-order valence-corrected chi connectivity index (χ3v) is 6.61. The predicted octanol–water partition coefficient (Wildman–Crippen LogP) is 3.76. The Morgan fingerprint density at radius 1 is 1.03 bits per heavy atom. The highest BCUT2D eigenvalue weighted by Gasteiger charge is 2.42. The quantitative estimate of drug-likeness (QED) is 0.572. The molecule has 7 heteroatoms. The molecule has 2 aromatic carbocycles. The summed E-state index contributed by atoms with van der Waals surface area (Å²) in [6.07, 6.45) is 1.67. The summed E-state index contributed by atoms with van der Waals surface area (Å²) in [5.41, 5.74) is 2.21. The fourth-order valence-corrected chi connectivity index (χ4v) is 4.79. The summed E-state index contributed by atoms with van der Waals surface area (Å²) in [6.45, 7) is 6.63. The summed E-state index contributed by atoms with van der Waals surface area (Å²) in [5, 5.41) is 0.159. The van der Waals surface area contributed by atoms with E-state index in [-0.39, 0.29) is 28.1 Å². The SMILES string of the molecule is CCc1ccc([C@H]2c3c(oc4ccc(F)cc4c3=O)C(=O)N2CCCN2CCOCC2)cc1. The summed E-state index contributed by atoms with van der Waals surface area (Å²) in [5.74, 6) is -0.736. The van der Waals surface area contributed by atoms with Crippen LogP contribution >= 0.6 is 0 Å². The van der Waals surface area contributed by atoms with Crippen LogP contribution in [0.2, 0.25) is 0 Å². The van der Waals surface area contributed by atoms with Gasteiger partial charge in [-0.15, -0.1) is 0 Å². The highest BCUT2D eigenvalue weighted by molar-refractivity contribution is 5.99. The summed E-state index contributed by atoms with van der Waals surface area (Å²) in [7, 11) is 0. The lowest BCUT2D eigenvalue weighted by Crippen LogP contribution is -2.38. The molecule has 33 heavy (non-hydrogen) atoms. The first-order chi connectivity index (χ1) is 16.1. The Bertz CT molecular complexity index is 1230. The zero-order valence-electron chi connectivity index (χ0n) is 18.7. The Morgan fingerprint density at radius 3 is 2.52 bits per heavy atom. The molecule has 0 radical (unpaired) electrons. The normalized spacial score (nSPS) is 18.8. The molecule has 3 aromatic rings. The van der Waals surface area contributed by atoms with Gasteiger partial charge in [-0.1, -0.05) is 31.2 Å². The fraction of sp³-hybridized carbons (Fsp3) is 0.385. The van der Waals surface area contributed by atoms with E-state index in [2.05, 4.69) is 11.8 Å². The van der Waals surface area contributed by atoms with Crippen molar-refractivity contribution in [3.05, 3.63) is 81.0 Å². The molecule has 0 bridgehead atoms. The van der Waals surface area contributed by atoms with Gasteiger partial charge in [0.2, 0.25) is 5.76 Å². The van der Waals surface area contributed by atoms with Gasteiger partial charge in [0.1, 0.15) is 11.4 Å². The highest BCUT2D eigenvalue weighted by atomic mass is 19.1. The van der Waals surface area contributed by atoms with Crippen LogP contribution in [0.25, 0.3) is 11.0 Å². The number of hydrogen-bond acceptors (Lipinski definition) is 5. The molecule has 3 heterocycles. The maximum absolute atomic E-state index is 13.9. The Hall–Kier alpha value is -3.03. The van der Waals surface area contributed by atoms with Crippen molar-refractivity contribution in [3.63, 3.8) is 0 Å². The van der Waals surface area contributed by atoms with Crippen molar-refractivity contribution >= 4 is 16.9 Å². The van der Waals surface area contributed by atoms with E-state index in [0.29, 0.717) is 12.1 Å². The maximum atomic E-state index is 13.9. The van der Waals surface area contributed by atoms with E-state index in [4.69, 9.17) is 9.15 Å². The minimum absolute atomic E-state index is 0.0649. The number of benzene rings is 2. The van der Waals surface area contributed by atoms with Crippen LogP contribution in [-0.4, -0.2) is 55.1 Å². The number of carbonyl (C=O) groups excluding carboxylic acids is 1. The van der Waals surface area contributed by atoms with Gasteiger partial charge in [0, 0.05) is 26.2 Å². The molecule has 2 aliphatic rings. The van der Waals surface area contributed by atoms with Crippen LogP contribution in [0.1, 0.15) is 46.6 Å². The first kappa shape index (κ1) is 21.8. The number of rotatable bonds is 6. The van der Waals surface area contributed by atoms with Crippen molar-refractivity contribution in [1.29, 1.82) is 0 Å². The Labute approximate surface area is 191 Å². The summed E-state index contributed by atoms with van der Waals surface area (Å²) < 4.78 is 25.2. The van der Waals surface area contributed by atoms with Crippen molar-refractivity contribution < 1.29 is 18.3 Å². The highest BCUT2D eigenvalue weighted by Crippen LogP contribution is 2.38. The van der Waals surface area contributed by atoms with Crippen LogP contribution in [0, 0.1) is 5.82 Å². The van der Waals surface area contributed by atoms with Crippen LogP contribution < -0.4 is 5.43 Å². The van der Waals surface area contributed by atoms with Gasteiger partial charge in [-0.05, 0) is 42.2 Å². The second-order valence-electron chi connectivity index (χ2n) is 8.62. The lowest BCUT2D eigenvalue weighted by atomic mass is 9.97. The molecule has 2 aliphatic heterocycles. The van der Waals surface area contributed by atoms with Gasteiger partial charge in [0.15, 0.2) is 5.43 Å². The van der Waals surface area contributed by atoms with Gasteiger partial charge in [0.05, 0.1) is 30.2 Å². The number of fused-ring (bicyclic) bond motifs is 2. The van der Waals surface area contributed by atoms with Crippen LogP contribution in [0.15, 0.2) is 51.7 Å². The second kappa shape index (κ2) is 9.08. The smallest absolute Gasteiger partial charge is 0.290 e. The lowest BCUT2D eigenvalue weighted by Gasteiger charge is -2.29. The number of amides is 1. The number of ether oxygens (including phenoxy) is 1. The largest absolute Gasteiger partial charge is 0.450 e. The van der Waals surface area contributed by atoms with Crippen LogP contribution in [0.5, 0.6) is 0 Å². The van der Waals surface area contributed by atoms with Crippen molar-refractivity contribution in [3.8, 4) is 0 Å². The van der Waals surface area contributed by atoms with E-state index < -0.39 is 11.9 Å². The molecule has 1 saturated heterocycles. The van der Waals surface area contributed by atoms with E-state index in [0.717, 1.165) is 51.3 Å². The minimum Gasteiger partial charge on any atom is -0.450 e. The Morgan fingerprint density at radius 2 is 1.79 bits per heavy atom. The average molecular weight is 451 g/mol. The number of hydrogen-bond donors (Lipinski definition) is 0. The third-order valence-electron chi connectivity index (χ3n) is 6.61. The maximum Gasteiger partial charge on any atom is 0.290 e. The summed E-state index contributed by atoms with van der Waals surface area (Å²) in [4.78, 5) is 30.9. The van der Waals surface area contributed by atoms with E-state index in [9.17, 15) is 14.0 Å². The van der Waals surface area contributed by atoms with E-state index >= 15 is 0 Å². The molecule has 0 saturated carbocycles. The molecule has 172 valence electrons. The Kier molecular flexibility index (Phi) is 6.00. The average Bonchev–Trinajstić information content (AvgIpc) is 3.12. The van der Waals surface area contributed by atoms with Gasteiger partial charge >= 0.3 is 0 Å². The Balaban J connectivity index is 1.53. The summed E-state index contributed by atoms with van der Waals surface area (Å²) >= 11 is 0. The number of morpholine rings is 1. The van der Waals surface area contributed by atoms with Crippen LogP contribution in [0.3, 0.4) is 0 Å². The van der Waals surface area contributed by atoms with Gasteiger partial charge in [0.25, 0.3) is 5.91 Å². The van der Waals surface area contributed by atoms with Crippen molar-refractivity contribution in [2.45, 2.75) is 25.8 Å². The number of aryl methyl sites for hydroxylation is 1. The predicted molar refractivity (Wildman–Crippen MR) is 123 cm³/mol. The van der Waals surface area contributed by atoms with Crippen LogP contribution in [0.4, 0.5) is 4.39 Å². The minimum atomic E-state index is -0.549. The van der Waals surface area contributed by atoms with Crippen LogP contribution in [-0.2, 0) is 11.2 Å². The molecule has 1 atom stereocenters. The van der Waals surface area contributed by atoms with Crippen molar-refractivity contribution in [2.24, 2.45) is 0 Å². The third kappa shape index (κ3) is 4.07.